The third kappa shape index (κ3) is 3.18. The second-order valence-electron chi connectivity index (χ2n) is 5.37. The van der Waals surface area contributed by atoms with E-state index in [1.807, 2.05) is 37.3 Å². The summed E-state index contributed by atoms with van der Waals surface area (Å²) in [6, 6.07) is 9.27. The molecule has 2 atom stereocenters. The molecule has 0 N–H and O–H groups in total. The highest BCUT2D eigenvalue weighted by atomic mass is 16.6. The van der Waals surface area contributed by atoms with Gasteiger partial charge in [0.1, 0.15) is 12.6 Å². The second-order valence-corrected chi connectivity index (χ2v) is 5.37. The van der Waals surface area contributed by atoms with Crippen molar-refractivity contribution in [2.75, 3.05) is 6.61 Å². The van der Waals surface area contributed by atoms with Gasteiger partial charge in [-0.2, -0.15) is 0 Å². The molecule has 0 spiro atoms. The number of hydrogen-bond acceptors (Lipinski definition) is 3. The number of benzene rings is 1. The summed E-state index contributed by atoms with van der Waals surface area (Å²) in [7, 11) is 0. The molecule has 4 heteroatoms. The first kappa shape index (κ1) is 14.6. The van der Waals surface area contributed by atoms with Crippen molar-refractivity contribution in [3.8, 4) is 0 Å². The van der Waals surface area contributed by atoms with Crippen LogP contribution >= 0.6 is 0 Å². The topological polar surface area (TPSA) is 46.6 Å². The zero-order valence-electron chi connectivity index (χ0n) is 12.0. The number of imide groups is 1. The fourth-order valence-corrected chi connectivity index (χ4v) is 2.61. The molecule has 0 bridgehead atoms. The molecule has 2 rings (SSSR count). The van der Waals surface area contributed by atoms with Crippen LogP contribution in [0.15, 0.2) is 30.3 Å². The standard InChI is InChI=1S/C16H21NO3/c1-3-7-12(2)10-15(18)17-14(11-20-16(17)19)13-8-5-4-6-9-13/h4-6,8-9,12,14H,3,7,10-11H2,1-2H3. The SMILES string of the molecule is CCCC(C)CC(=O)N1C(=O)OCC1c1ccccc1. The molecule has 0 saturated carbocycles. The average molecular weight is 275 g/mol. The molecule has 108 valence electrons. The van der Waals surface area contributed by atoms with Gasteiger partial charge in [0, 0.05) is 6.42 Å². The normalized spacial score (nSPS) is 19.8. The van der Waals surface area contributed by atoms with Crippen molar-refractivity contribution in [3.05, 3.63) is 35.9 Å². The van der Waals surface area contributed by atoms with Crippen molar-refractivity contribution >= 4 is 12.0 Å². The van der Waals surface area contributed by atoms with E-state index in [0.29, 0.717) is 6.42 Å². The second kappa shape index (κ2) is 6.55. The Kier molecular flexibility index (Phi) is 4.77. The molecule has 1 aromatic rings. The van der Waals surface area contributed by atoms with Gasteiger partial charge >= 0.3 is 6.09 Å². The molecule has 1 heterocycles. The number of carbonyl (C=O) groups excluding carboxylic acids is 2. The lowest BCUT2D eigenvalue weighted by Crippen LogP contribution is -2.35. The molecule has 2 unspecified atom stereocenters. The van der Waals surface area contributed by atoms with Crippen LogP contribution in [0.4, 0.5) is 4.79 Å². The van der Waals surface area contributed by atoms with Crippen LogP contribution < -0.4 is 0 Å². The highest BCUT2D eigenvalue weighted by molar-refractivity contribution is 5.93. The van der Waals surface area contributed by atoms with E-state index >= 15 is 0 Å². The molecule has 2 amide bonds. The number of nitrogens with zero attached hydrogens (tertiary/aromatic N) is 1. The summed E-state index contributed by atoms with van der Waals surface area (Å²) in [5.41, 5.74) is 0.940. The van der Waals surface area contributed by atoms with Gasteiger partial charge < -0.3 is 4.74 Å². The van der Waals surface area contributed by atoms with Gasteiger partial charge in [0.25, 0.3) is 0 Å². The third-order valence-electron chi connectivity index (χ3n) is 3.63. The number of ether oxygens (including phenoxy) is 1. The number of amides is 2. The van der Waals surface area contributed by atoms with Gasteiger partial charge in [0.2, 0.25) is 5.91 Å². The predicted octanol–water partition coefficient (Wildman–Crippen LogP) is 3.53. The number of carbonyl (C=O) groups is 2. The zero-order chi connectivity index (χ0) is 14.5. The van der Waals surface area contributed by atoms with E-state index in [-0.39, 0.29) is 24.5 Å². The third-order valence-corrected chi connectivity index (χ3v) is 3.63. The summed E-state index contributed by atoms with van der Waals surface area (Å²) in [5, 5.41) is 0. The fourth-order valence-electron chi connectivity index (χ4n) is 2.61. The summed E-state index contributed by atoms with van der Waals surface area (Å²) in [6.45, 7) is 4.38. The van der Waals surface area contributed by atoms with Crippen LogP contribution in [-0.4, -0.2) is 23.5 Å². The van der Waals surface area contributed by atoms with Crippen molar-refractivity contribution < 1.29 is 14.3 Å². The first-order chi connectivity index (χ1) is 9.63. The minimum Gasteiger partial charge on any atom is -0.446 e. The van der Waals surface area contributed by atoms with E-state index in [1.165, 1.54) is 4.90 Å². The Bertz CT molecular complexity index is 472. The van der Waals surface area contributed by atoms with Gasteiger partial charge in [0.05, 0.1) is 0 Å². The van der Waals surface area contributed by atoms with Crippen LogP contribution in [0, 0.1) is 5.92 Å². The highest BCUT2D eigenvalue weighted by Gasteiger charge is 2.38. The maximum atomic E-state index is 12.3. The van der Waals surface area contributed by atoms with Crippen molar-refractivity contribution in [3.63, 3.8) is 0 Å². The minimum atomic E-state index is -0.521. The molecule has 0 aliphatic carbocycles. The summed E-state index contributed by atoms with van der Waals surface area (Å²) < 4.78 is 5.06. The van der Waals surface area contributed by atoms with Crippen LogP contribution in [0.1, 0.15) is 44.7 Å². The van der Waals surface area contributed by atoms with E-state index in [4.69, 9.17) is 4.74 Å². The van der Waals surface area contributed by atoms with Crippen LogP contribution in [0.25, 0.3) is 0 Å². The molecule has 20 heavy (non-hydrogen) atoms. The average Bonchev–Trinajstić information content (AvgIpc) is 2.82. The predicted molar refractivity (Wildman–Crippen MR) is 76.1 cm³/mol. The summed E-state index contributed by atoms with van der Waals surface area (Å²) in [5.74, 6) is 0.152. The van der Waals surface area contributed by atoms with Crippen LogP contribution in [0.5, 0.6) is 0 Å². The Balaban J connectivity index is 2.11. The van der Waals surface area contributed by atoms with Crippen LogP contribution in [-0.2, 0) is 9.53 Å². The first-order valence-corrected chi connectivity index (χ1v) is 7.17. The summed E-state index contributed by atoms with van der Waals surface area (Å²) in [6.07, 6.45) is 1.91. The van der Waals surface area contributed by atoms with Crippen LogP contribution in [0.3, 0.4) is 0 Å². The van der Waals surface area contributed by atoms with Crippen molar-refractivity contribution in [2.24, 2.45) is 5.92 Å². The Morgan fingerprint density at radius 2 is 2.10 bits per heavy atom. The summed E-state index contributed by atoms with van der Waals surface area (Å²) >= 11 is 0. The first-order valence-electron chi connectivity index (χ1n) is 7.17. The van der Waals surface area contributed by atoms with Crippen LogP contribution in [0.2, 0.25) is 0 Å². The molecular formula is C16H21NO3. The largest absolute Gasteiger partial charge is 0.446 e. The van der Waals surface area contributed by atoms with Crippen molar-refractivity contribution in [1.29, 1.82) is 0 Å². The van der Waals surface area contributed by atoms with E-state index in [1.54, 1.807) is 0 Å². The summed E-state index contributed by atoms with van der Waals surface area (Å²) in [4.78, 5) is 25.5. The Morgan fingerprint density at radius 1 is 1.40 bits per heavy atom. The maximum Gasteiger partial charge on any atom is 0.417 e. The molecule has 1 aromatic carbocycles. The van der Waals surface area contributed by atoms with Gasteiger partial charge in [-0.1, -0.05) is 57.0 Å². The van der Waals surface area contributed by atoms with Crippen molar-refractivity contribution in [1.82, 2.24) is 4.90 Å². The molecule has 0 radical (unpaired) electrons. The lowest BCUT2D eigenvalue weighted by atomic mass is 10.0. The van der Waals surface area contributed by atoms with Gasteiger partial charge in [-0.05, 0) is 11.5 Å². The molecule has 1 saturated heterocycles. The Hall–Kier alpha value is -1.84. The quantitative estimate of drug-likeness (QED) is 0.825. The minimum absolute atomic E-state index is 0.137. The number of cyclic esters (lactones) is 1. The number of hydrogen-bond donors (Lipinski definition) is 0. The molecule has 1 aliphatic heterocycles. The van der Waals surface area contributed by atoms with Gasteiger partial charge in [0.15, 0.2) is 0 Å². The zero-order valence-corrected chi connectivity index (χ0v) is 12.0. The molecule has 0 aromatic heterocycles. The molecule has 4 nitrogen and oxygen atoms in total. The van der Waals surface area contributed by atoms with E-state index in [2.05, 4.69) is 6.92 Å². The fraction of sp³-hybridized carbons (Fsp3) is 0.500. The Morgan fingerprint density at radius 3 is 2.75 bits per heavy atom. The van der Waals surface area contributed by atoms with Crippen molar-refractivity contribution in [2.45, 2.75) is 39.2 Å². The molecular weight excluding hydrogens is 254 g/mol. The van der Waals surface area contributed by atoms with Gasteiger partial charge in [-0.3, -0.25) is 4.79 Å². The van der Waals surface area contributed by atoms with E-state index in [9.17, 15) is 9.59 Å². The number of rotatable bonds is 5. The van der Waals surface area contributed by atoms with E-state index < -0.39 is 6.09 Å². The highest BCUT2D eigenvalue weighted by Crippen LogP contribution is 2.29. The molecule has 1 fully saturated rings. The van der Waals surface area contributed by atoms with Gasteiger partial charge in [-0.15, -0.1) is 0 Å². The lowest BCUT2D eigenvalue weighted by molar-refractivity contribution is -0.130. The smallest absolute Gasteiger partial charge is 0.417 e. The Labute approximate surface area is 119 Å². The maximum absolute atomic E-state index is 12.3. The monoisotopic (exact) mass is 275 g/mol. The lowest BCUT2D eigenvalue weighted by Gasteiger charge is -2.21. The molecule has 1 aliphatic rings. The van der Waals surface area contributed by atoms with E-state index in [0.717, 1.165) is 18.4 Å². The van der Waals surface area contributed by atoms with Gasteiger partial charge in [-0.25, -0.2) is 9.69 Å².